The van der Waals surface area contributed by atoms with Crippen molar-refractivity contribution in [1.82, 2.24) is 5.32 Å². The summed E-state index contributed by atoms with van der Waals surface area (Å²) < 4.78 is 0. The van der Waals surface area contributed by atoms with Crippen LogP contribution in [-0.4, -0.2) is 22.2 Å². The summed E-state index contributed by atoms with van der Waals surface area (Å²) in [6.07, 6.45) is 11.8. The standard InChI is InChI=1S/C32H45NO3/c1-19(2)33-27(36)29(5)12-11-28(4)13-15-31(7)24-10-9-21-20(3)26(35)23(34)17-22(21)30(24,6)14-16-32(31,8)25(28)18-29/h9-10,17,19,25,34-35H,3,11-16,18H2,1-2,4-8H3,(H,33,36)/t25-,28-,29-,30+,31-,32+/m1/s1. The Labute approximate surface area is 216 Å². The van der Waals surface area contributed by atoms with Crippen LogP contribution in [-0.2, 0) is 10.2 Å². The van der Waals surface area contributed by atoms with Crippen LogP contribution in [0, 0.1) is 27.6 Å². The lowest BCUT2D eigenvalue weighted by Crippen LogP contribution is -2.63. The van der Waals surface area contributed by atoms with Gasteiger partial charge in [-0.2, -0.15) is 0 Å². The molecular formula is C32H45NO3. The Morgan fingerprint density at radius 1 is 1.00 bits per heavy atom. The Bertz CT molecular complexity index is 1280. The molecular weight excluding hydrogens is 446 g/mol. The minimum absolute atomic E-state index is 0.0139. The number of amides is 1. The molecule has 0 radical (unpaired) electrons. The van der Waals surface area contributed by atoms with E-state index in [1.165, 1.54) is 12.0 Å². The Kier molecular flexibility index (Phi) is 5.40. The second-order valence-electron chi connectivity index (χ2n) is 14.1. The quantitative estimate of drug-likeness (QED) is 0.484. The first-order valence-electron chi connectivity index (χ1n) is 13.9. The van der Waals surface area contributed by atoms with Crippen molar-refractivity contribution in [2.75, 3.05) is 0 Å². The summed E-state index contributed by atoms with van der Waals surface area (Å²) in [6.45, 7) is 20.2. The first-order valence-corrected chi connectivity index (χ1v) is 13.9. The van der Waals surface area contributed by atoms with Gasteiger partial charge in [0, 0.05) is 22.1 Å². The summed E-state index contributed by atoms with van der Waals surface area (Å²) in [7, 11) is 0. The van der Waals surface area contributed by atoms with Crippen LogP contribution >= 0.6 is 0 Å². The number of rotatable bonds is 2. The zero-order chi connectivity index (χ0) is 26.5. The maximum atomic E-state index is 13.4. The highest BCUT2D eigenvalue weighted by Crippen LogP contribution is 2.74. The number of phenols is 2. The van der Waals surface area contributed by atoms with Crippen LogP contribution in [0.2, 0.25) is 0 Å². The van der Waals surface area contributed by atoms with Crippen LogP contribution in [0.3, 0.4) is 0 Å². The number of fused-ring (bicyclic) bond motifs is 7. The van der Waals surface area contributed by atoms with Gasteiger partial charge in [0.25, 0.3) is 0 Å². The van der Waals surface area contributed by atoms with Gasteiger partial charge in [-0.3, -0.25) is 4.79 Å². The van der Waals surface area contributed by atoms with Crippen LogP contribution in [0.25, 0.3) is 12.7 Å². The molecule has 0 heterocycles. The molecule has 4 aliphatic rings. The van der Waals surface area contributed by atoms with Crippen LogP contribution in [0.15, 0.2) is 17.7 Å². The zero-order valence-corrected chi connectivity index (χ0v) is 23.3. The number of carbonyl (C=O) groups is 1. The number of hydrogen-bond donors (Lipinski definition) is 3. The maximum absolute atomic E-state index is 13.4. The first-order chi connectivity index (χ1) is 16.6. The molecule has 4 nitrogen and oxygen atoms in total. The lowest BCUT2D eigenvalue weighted by Gasteiger charge is -2.69. The monoisotopic (exact) mass is 491 g/mol. The fourth-order valence-corrected chi connectivity index (χ4v) is 9.01. The smallest absolute Gasteiger partial charge is 0.226 e. The van der Waals surface area contributed by atoms with Crippen molar-refractivity contribution in [2.45, 2.75) is 105 Å². The van der Waals surface area contributed by atoms with Crippen molar-refractivity contribution in [2.24, 2.45) is 27.6 Å². The summed E-state index contributed by atoms with van der Waals surface area (Å²) in [5, 5.41) is 25.5. The van der Waals surface area contributed by atoms with E-state index in [0.29, 0.717) is 11.1 Å². The molecule has 1 aromatic carbocycles. The van der Waals surface area contributed by atoms with Gasteiger partial charge in [0.1, 0.15) is 0 Å². The van der Waals surface area contributed by atoms with Gasteiger partial charge >= 0.3 is 0 Å². The molecule has 36 heavy (non-hydrogen) atoms. The number of nitrogens with one attached hydrogen (secondary N) is 1. The molecule has 0 saturated heterocycles. The number of hydrogen-bond acceptors (Lipinski definition) is 3. The number of allylic oxidation sites excluding steroid dienone is 2. The third-order valence-corrected chi connectivity index (χ3v) is 11.7. The van der Waals surface area contributed by atoms with Gasteiger partial charge in [0.05, 0.1) is 0 Å². The molecule has 4 aliphatic carbocycles. The van der Waals surface area contributed by atoms with Crippen LogP contribution in [0.1, 0.15) is 99.0 Å². The van der Waals surface area contributed by atoms with Crippen LogP contribution < -0.4 is 15.8 Å². The maximum Gasteiger partial charge on any atom is 0.226 e. The number of phenolic OH excluding ortho intramolecular Hbond substituents is 2. The summed E-state index contributed by atoms with van der Waals surface area (Å²) in [5.41, 5.74) is 2.30. The Hall–Kier alpha value is -2.23. The predicted molar refractivity (Wildman–Crippen MR) is 146 cm³/mol. The van der Waals surface area contributed by atoms with E-state index < -0.39 is 0 Å². The third kappa shape index (κ3) is 3.15. The molecule has 196 valence electrons. The van der Waals surface area contributed by atoms with E-state index in [9.17, 15) is 15.0 Å². The molecule has 0 bridgehead atoms. The number of benzene rings is 1. The van der Waals surface area contributed by atoms with Crippen molar-refractivity contribution >= 4 is 18.6 Å². The summed E-state index contributed by atoms with van der Waals surface area (Å²) >= 11 is 0. The lowest BCUT2D eigenvalue weighted by molar-refractivity contribution is -0.167. The van der Waals surface area contributed by atoms with E-state index in [0.717, 1.165) is 49.3 Å². The van der Waals surface area contributed by atoms with Crippen molar-refractivity contribution in [1.29, 1.82) is 0 Å². The van der Waals surface area contributed by atoms with E-state index in [2.05, 4.69) is 58.7 Å². The van der Waals surface area contributed by atoms with Crippen LogP contribution in [0.5, 0.6) is 11.5 Å². The molecule has 4 heteroatoms. The second-order valence-corrected chi connectivity index (χ2v) is 14.1. The van der Waals surface area contributed by atoms with Gasteiger partial charge in [-0.25, -0.2) is 0 Å². The average molecular weight is 492 g/mol. The predicted octanol–water partition coefficient (Wildman–Crippen LogP) is 5.42. The van der Waals surface area contributed by atoms with E-state index in [1.807, 2.05) is 13.8 Å². The van der Waals surface area contributed by atoms with Crippen molar-refractivity contribution in [3.63, 3.8) is 0 Å². The lowest BCUT2D eigenvalue weighted by atomic mass is 9.34. The number of carbonyl (C=O) groups excluding carboxylic acids is 1. The topological polar surface area (TPSA) is 69.6 Å². The summed E-state index contributed by atoms with van der Waals surface area (Å²) in [6, 6.07) is 1.93. The van der Waals surface area contributed by atoms with Gasteiger partial charge in [-0.15, -0.1) is 0 Å². The Balaban J connectivity index is 1.61. The first kappa shape index (κ1) is 25.4. The molecule has 0 unspecified atom stereocenters. The minimum Gasteiger partial charge on any atom is -0.504 e. The van der Waals surface area contributed by atoms with E-state index in [1.54, 1.807) is 6.07 Å². The summed E-state index contributed by atoms with van der Waals surface area (Å²) in [4.78, 5) is 13.4. The van der Waals surface area contributed by atoms with Crippen LogP contribution in [0.4, 0.5) is 0 Å². The van der Waals surface area contributed by atoms with Crippen molar-refractivity contribution in [3.8, 4) is 11.5 Å². The minimum atomic E-state index is -0.331. The molecule has 6 atom stereocenters. The van der Waals surface area contributed by atoms with Gasteiger partial charge in [-0.1, -0.05) is 58.9 Å². The fourth-order valence-electron chi connectivity index (χ4n) is 9.01. The molecule has 3 saturated carbocycles. The summed E-state index contributed by atoms with van der Waals surface area (Å²) in [5.74, 6) is 0.479. The molecule has 3 N–H and O–H groups in total. The zero-order valence-electron chi connectivity index (χ0n) is 23.3. The van der Waals surface area contributed by atoms with Gasteiger partial charge in [0.15, 0.2) is 11.5 Å². The van der Waals surface area contributed by atoms with Gasteiger partial charge < -0.3 is 15.5 Å². The highest BCUT2D eigenvalue weighted by atomic mass is 16.3. The van der Waals surface area contributed by atoms with E-state index >= 15 is 0 Å². The van der Waals surface area contributed by atoms with Crippen molar-refractivity contribution in [3.05, 3.63) is 33.7 Å². The fraction of sp³-hybridized carbons (Fsp3) is 0.656. The second kappa shape index (κ2) is 7.65. The van der Waals surface area contributed by atoms with Gasteiger partial charge in [0.2, 0.25) is 5.91 Å². The highest BCUT2D eigenvalue weighted by molar-refractivity contribution is 5.82. The van der Waals surface area contributed by atoms with Crippen molar-refractivity contribution < 1.29 is 15.0 Å². The number of aromatic hydroxyl groups is 2. The molecule has 1 amide bonds. The highest BCUT2D eigenvalue weighted by Gasteiger charge is 2.66. The van der Waals surface area contributed by atoms with E-state index in [-0.39, 0.29) is 50.5 Å². The molecule has 0 spiro atoms. The Morgan fingerprint density at radius 2 is 1.67 bits per heavy atom. The SMILES string of the molecule is C=c1c(O)c(O)cc2c1=CC=C1[C@@]2(C)CC[C@@]2(C)[C@@H]3C[C@](C)(C(=O)NC(C)C)CC[C@]3(C)CC[C@]12C. The van der Waals surface area contributed by atoms with Gasteiger partial charge in [-0.05, 0) is 97.8 Å². The average Bonchev–Trinajstić information content (AvgIpc) is 2.80. The Morgan fingerprint density at radius 3 is 2.33 bits per heavy atom. The molecule has 1 aromatic rings. The molecule has 0 aliphatic heterocycles. The van der Waals surface area contributed by atoms with E-state index in [4.69, 9.17) is 0 Å². The normalized spacial score (nSPS) is 41.2. The third-order valence-electron chi connectivity index (χ3n) is 11.7. The molecule has 5 rings (SSSR count). The largest absolute Gasteiger partial charge is 0.504 e. The molecule has 3 fully saturated rings. The molecule has 0 aromatic heterocycles.